The number of aliphatic hydroxyl groups excluding tert-OH is 1. The molecular weight excluding hydrogens is 270 g/mol. The zero-order valence-corrected chi connectivity index (χ0v) is 11.7. The summed E-state index contributed by atoms with van der Waals surface area (Å²) in [6, 6.07) is 5.64. The summed E-state index contributed by atoms with van der Waals surface area (Å²) in [5.74, 6) is 1.49. The largest absolute Gasteiger partial charge is 0.454 e. The van der Waals surface area contributed by atoms with Crippen LogP contribution in [0.15, 0.2) is 24.3 Å². The van der Waals surface area contributed by atoms with E-state index in [0.717, 1.165) is 30.6 Å². The molecule has 21 heavy (non-hydrogen) atoms. The number of benzene rings is 1. The van der Waals surface area contributed by atoms with Gasteiger partial charge in [-0.15, -0.1) is 0 Å². The van der Waals surface area contributed by atoms with Crippen molar-refractivity contribution >= 4 is 12.0 Å². The molecule has 1 aliphatic heterocycles. The summed E-state index contributed by atoms with van der Waals surface area (Å²) >= 11 is 0. The van der Waals surface area contributed by atoms with E-state index in [-0.39, 0.29) is 31.3 Å². The molecule has 5 nitrogen and oxygen atoms in total. The minimum Gasteiger partial charge on any atom is -0.454 e. The van der Waals surface area contributed by atoms with Crippen LogP contribution in [-0.2, 0) is 4.79 Å². The molecule has 3 rings (SSSR count). The summed E-state index contributed by atoms with van der Waals surface area (Å²) in [6.45, 7) is 0.379. The molecule has 0 radical (unpaired) electrons. The molecule has 0 aromatic heterocycles. The van der Waals surface area contributed by atoms with Crippen molar-refractivity contribution in [3.8, 4) is 11.5 Å². The third kappa shape index (κ3) is 3.19. The van der Waals surface area contributed by atoms with Crippen molar-refractivity contribution < 1.29 is 19.4 Å². The molecule has 2 N–H and O–H groups in total. The van der Waals surface area contributed by atoms with Gasteiger partial charge in [0.1, 0.15) is 0 Å². The maximum Gasteiger partial charge on any atom is 0.244 e. The van der Waals surface area contributed by atoms with E-state index in [1.54, 1.807) is 6.08 Å². The van der Waals surface area contributed by atoms with E-state index in [2.05, 4.69) is 5.32 Å². The van der Waals surface area contributed by atoms with Crippen LogP contribution in [-0.4, -0.2) is 30.5 Å². The van der Waals surface area contributed by atoms with E-state index in [1.165, 1.54) is 6.08 Å². The first-order valence-corrected chi connectivity index (χ1v) is 7.25. The fraction of sp³-hybridized carbons (Fsp3) is 0.438. The predicted molar refractivity (Wildman–Crippen MR) is 78.0 cm³/mol. The number of ether oxygens (including phenoxy) is 2. The highest BCUT2D eigenvalue weighted by Crippen LogP contribution is 2.32. The Balaban J connectivity index is 1.59. The average molecular weight is 289 g/mol. The molecule has 5 heteroatoms. The molecule has 2 unspecified atom stereocenters. The zero-order chi connectivity index (χ0) is 14.7. The third-order valence-electron chi connectivity index (χ3n) is 4.05. The number of hydrogen-bond donors (Lipinski definition) is 2. The molecule has 1 amide bonds. The van der Waals surface area contributed by atoms with Crippen molar-refractivity contribution in [1.82, 2.24) is 5.32 Å². The Hall–Kier alpha value is -2.01. The number of carbonyl (C=O) groups excluding carboxylic acids is 1. The molecule has 1 aliphatic carbocycles. The Morgan fingerprint density at radius 3 is 3.05 bits per heavy atom. The summed E-state index contributed by atoms with van der Waals surface area (Å²) in [6.07, 6.45) is 6.24. The van der Waals surface area contributed by atoms with E-state index in [9.17, 15) is 9.90 Å². The molecule has 1 saturated carbocycles. The van der Waals surface area contributed by atoms with Crippen LogP contribution in [0.4, 0.5) is 0 Å². The van der Waals surface area contributed by atoms with E-state index in [1.807, 2.05) is 18.2 Å². The van der Waals surface area contributed by atoms with Crippen molar-refractivity contribution in [3.05, 3.63) is 29.8 Å². The fourth-order valence-corrected chi connectivity index (χ4v) is 2.86. The van der Waals surface area contributed by atoms with Gasteiger partial charge in [0.2, 0.25) is 12.7 Å². The SMILES string of the molecule is O=C(/C=C/c1ccc2c(c1)OCO2)NC1CCCC1CO. The molecule has 1 fully saturated rings. The topological polar surface area (TPSA) is 67.8 Å². The van der Waals surface area contributed by atoms with E-state index in [4.69, 9.17) is 9.47 Å². The molecule has 1 aromatic carbocycles. The smallest absolute Gasteiger partial charge is 0.244 e. The van der Waals surface area contributed by atoms with Crippen molar-refractivity contribution in [3.63, 3.8) is 0 Å². The number of fused-ring (bicyclic) bond motifs is 1. The summed E-state index contributed by atoms with van der Waals surface area (Å²) in [5.41, 5.74) is 0.888. The third-order valence-corrected chi connectivity index (χ3v) is 4.05. The summed E-state index contributed by atoms with van der Waals surface area (Å²) in [7, 11) is 0. The predicted octanol–water partition coefficient (Wildman–Crippen LogP) is 1.71. The molecule has 112 valence electrons. The number of hydrogen-bond acceptors (Lipinski definition) is 4. The van der Waals surface area contributed by atoms with Gasteiger partial charge in [-0.1, -0.05) is 12.5 Å². The Morgan fingerprint density at radius 1 is 1.33 bits per heavy atom. The van der Waals surface area contributed by atoms with Gasteiger partial charge in [-0.2, -0.15) is 0 Å². The normalized spacial score (nSPS) is 23.7. The van der Waals surface area contributed by atoms with Crippen LogP contribution in [0.5, 0.6) is 11.5 Å². The van der Waals surface area contributed by atoms with Crippen LogP contribution in [0, 0.1) is 5.92 Å². The quantitative estimate of drug-likeness (QED) is 0.828. The Labute approximate surface area is 123 Å². The van der Waals surface area contributed by atoms with Crippen molar-refractivity contribution in [1.29, 1.82) is 0 Å². The lowest BCUT2D eigenvalue weighted by Gasteiger charge is -2.17. The monoisotopic (exact) mass is 289 g/mol. The Morgan fingerprint density at radius 2 is 2.19 bits per heavy atom. The van der Waals surface area contributed by atoms with Gasteiger partial charge in [-0.3, -0.25) is 4.79 Å². The van der Waals surface area contributed by atoms with Gasteiger partial charge < -0.3 is 19.9 Å². The van der Waals surface area contributed by atoms with Gasteiger partial charge in [-0.25, -0.2) is 0 Å². The maximum absolute atomic E-state index is 11.9. The second-order valence-electron chi connectivity index (χ2n) is 5.43. The second-order valence-corrected chi connectivity index (χ2v) is 5.43. The van der Waals surface area contributed by atoms with Crippen LogP contribution >= 0.6 is 0 Å². The lowest BCUT2D eigenvalue weighted by molar-refractivity contribution is -0.117. The standard InChI is InChI=1S/C16H19NO4/c18-9-12-2-1-3-13(12)17-16(19)7-5-11-4-6-14-15(8-11)21-10-20-14/h4-8,12-13,18H,1-3,9-10H2,(H,17,19)/b7-5+. The molecule has 0 saturated heterocycles. The van der Waals surface area contributed by atoms with Crippen molar-refractivity contribution in [2.45, 2.75) is 25.3 Å². The lowest BCUT2D eigenvalue weighted by Crippen LogP contribution is -2.37. The minimum atomic E-state index is -0.127. The average Bonchev–Trinajstić information content (AvgIpc) is 3.12. The maximum atomic E-state index is 11.9. The van der Waals surface area contributed by atoms with Crippen LogP contribution in [0.1, 0.15) is 24.8 Å². The van der Waals surface area contributed by atoms with Gasteiger partial charge in [0, 0.05) is 24.6 Å². The molecule has 2 aliphatic rings. The fourth-order valence-electron chi connectivity index (χ4n) is 2.86. The van der Waals surface area contributed by atoms with E-state index in [0.29, 0.717) is 5.75 Å². The van der Waals surface area contributed by atoms with Gasteiger partial charge in [0.25, 0.3) is 0 Å². The first-order valence-electron chi connectivity index (χ1n) is 7.25. The number of rotatable bonds is 4. The van der Waals surface area contributed by atoms with Crippen LogP contribution in [0.3, 0.4) is 0 Å². The molecule has 1 aromatic rings. The Bertz CT molecular complexity index is 555. The zero-order valence-electron chi connectivity index (χ0n) is 11.7. The highest BCUT2D eigenvalue weighted by molar-refractivity contribution is 5.92. The van der Waals surface area contributed by atoms with E-state index >= 15 is 0 Å². The van der Waals surface area contributed by atoms with Crippen LogP contribution in [0.2, 0.25) is 0 Å². The molecule has 2 atom stereocenters. The Kier molecular flexibility index (Phi) is 4.10. The van der Waals surface area contributed by atoms with Gasteiger partial charge in [0.05, 0.1) is 0 Å². The molecule has 1 heterocycles. The second kappa shape index (κ2) is 6.18. The number of amides is 1. The van der Waals surface area contributed by atoms with Crippen molar-refractivity contribution in [2.24, 2.45) is 5.92 Å². The first-order chi connectivity index (χ1) is 10.3. The molecular formula is C16H19NO4. The van der Waals surface area contributed by atoms with Gasteiger partial charge >= 0.3 is 0 Å². The van der Waals surface area contributed by atoms with Gasteiger partial charge in [-0.05, 0) is 36.6 Å². The summed E-state index contributed by atoms with van der Waals surface area (Å²) < 4.78 is 10.5. The van der Waals surface area contributed by atoms with Crippen LogP contribution in [0.25, 0.3) is 6.08 Å². The highest BCUT2D eigenvalue weighted by atomic mass is 16.7. The molecule has 0 spiro atoms. The molecule has 0 bridgehead atoms. The van der Waals surface area contributed by atoms with Crippen molar-refractivity contribution in [2.75, 3.05) is 13.4 Å². The summed E-state index contributed by atoms with van der Waals surface area (Å²) in [5, 5.41) is 12.2. The number of aliphatic hydroxyl groups is 1. The minimum absolute atomic E-state index is 0.0869. The van der Waals surface area contributed by atoms with Gasteiger partial charge in [0.15, 0.2) is 11.5 Å². The van der Waals surface area contributed by atoms with E-state index < -0.39 is 0 Å². The lowest BCUT2D eigenvalue weighted by atomic mass is 10.1. The van der Waals surface area contributed by atoms with Crippen LogP contribution < -0.4 is 14.8 Å². The highest BCUT2D eigenvalue weighted by Gasteiger charge is 2.27. The summed E-state index contributed by atoms with van der Waals surface area (Å²) in [4.78, 5) is 11.9. The first kappa shape index (κ1) is 13.9. The number of nitrogens with one attached hydrogen (secondary N) is 1. The number of carbonyl (C=O) groups is 1.